The average molecular weight is 380 g/mol. The van der Waals surface area contributed by atoms with E-state index in [2.05, 4.69) is 9.93 Å². The molecule has 0 unspecified atom stereocenters. The fourth-order valence-corrected chi connectivity index (χ4v) is 2.83. The predicted molar refractivity (Wildman–Crippen MR) is 97.7 cm³/mol. The van der Waals surface area contributed by atoms with Gasteiger partial charge in [-0.2, -0.15) is 13.5 Å². The fraction of sp³-hybridized carbons (Fsp3) is 0.278. The molecule has 8 heteroatoms. The van der Waals surface area contributed by atoms with Gasteiger partial charge in [0.15, 0.2) is 11.5 Å². The second-order valence-electron chi connectivity index (χ2n) is 5.29. The molecule has 0 spiro atoms. The van der Waals surface area contributed by atoms with Crippen LogP contribution in [-0.4, -0.2) is 27.8 Å². The molecule has 0 atom stereocenters. The van der Waals surface area contributed by atoms with Crippen LogP contribution in [0.5, 0.6) is 11.5 Å². The van der Waals surface area contributed by atoms with E-state index >= 15 is 0 Å². The van der Waals surface area contributed by atoms with Crippen LogP contribution in [0.4, 0.5) is 4.39 Å². The Labute approximate surface area is 152 Å². The Morgan fingerprint density at radius 3 is 2.46 bits per heavy atom. The number of ether oxygens (including phenoxy) is 2. The molecule has 0 aliphatic heterocycles. The van der Waals surface area contributed by atoms with Crippen LogP contribution in [-0.2, 0) is 10.0 Å². The molecule has 0 heterocycles. The van der Waals surface area contributed by atoms with E-state index in [-0.39, 0.29) is 4.90 Å². The molecule has 2 aromatic carbocycles. The Balaban J connectivity index is 2.11. The van der Waals surface area contributed by atoms with Gasteiger partial charge in [0.1, 0.15) is 5.82 Å². The van der Waals surface area contributed by atoms with Gasteiger partial charge in [0.2, 0.25) is 0 Å². The summed E-state index contributed by atoms with van der Waals surface area (Å²) in [7, 11) is -3.86. The summed E-state index contributed by atoms with van der Waals surface area (Å²) >= 11 is 0. The van der Waals surface area contributed by atoms with Crippen molar-refractivity contribution in [1.82, 2.24) is 4.83 Å². The Kier molecular flexibility index (Phi) is 6.97. The number of rotatable bonds is 9. The number of sulfonamides is 1. The van der Waals surface area contributed by atoms with Crippen LogP contribution in [0.15, 0.2) is 52.5 Å². The first-order valence-corrected chi connectivity index (χ1v) is 9.64. The van der Waals surface area contributed by atoms with E-state index in [4.69, 9.17) is 9.47 Å². The molecule has 0 saturated carbocycles. The smallest absolute Gasteiger partial charge is 0.276 e. The monoisotopic (exact) mass is 380 g/mol. The number of hydrogen-bond donors (Lipinski definition) is 1. The highest BCUT2D eigenvalue weighted by Gasteiger charge is 2.12. The van der Waals surface area contributed by atoms with Crippen LogP contribution in [0.1, 0.15) is 25.8 Å². The molecular weight excluding hydrogens is 359 g/mol. The quantitative estimate of drug-likeness (QED) is 0.535. The lowest BCUT2D eigenvalue weighted by atomic mass is 10.2. The van der Waals surface area contributed by atoms with Gasteiger partial charge in [-0.05, 0) is 61.4 Å². The zero-order valence-corrected chi connectivity index (χ0v) is 15.4. The van der Waals surface area contributed by atoms with Gasteiger partial charge in [-0.15, -0.1) is 0 Å². The lowest BCUT2D eigenvalue weighted by molar-refractivity contribution is 0.277. The van der Waals surface area contributed by atoms with Gasteiger partial charge in [-0.25, -0.2) is 9.22 Å². The number of nitrogens with one attached hydrogen (secondary N) is 1. The van der Waals surface area contributed by atoms with E-state index in [0.717, 1.165) is 18.6 Å². The minimum atomic E-state index is -3.86. The maximum Gasteiger partial charge on any atom is 0.276 e. The van der Waals surface area contributed by atoms with E-state index in [1.54, 1.807) is 18.2 Å². The number of hydrazone groups is 1. The number of hydrogen-bond acceptors (Lipinski definition) is 5. The van der Waals surface area contributed by atoms with Crippen LogP contribution < -0.4 is 14.3 Å². The van der Waals surface area contributed by atoms with Gasteiger partial charge in [-0.1, -0.05) is 6.92 Å². The highest BCUT2D eigenvalue weighted by molar-refractivity contribution is 7.89. The molecule has 0 saturated heterocycles. The lowest BCUT2D eigenvalue weighted by Crippen LogP contribution is -2.18. The van der Waals surface area contributed by atoms with E-state index in [1.807, 2.05) is 13.8 Å². The SMILES string of the molecule is CCCOc1ccc(/C=N/NS(=O)(=O)c2ccc(F)cc2)cc1OCC. The summed E-state index contributed by atoms with van der Waals surface area (Å²) in [5.74, 6) is 0.672. The van der Waals surface area contributed by atoms with Crippen molar-refractivity contribution in [3.05, 3.63) is 53.8 Å². The highest BCUT2D eigenvalue weighted by Crippen LogP contribution is 2.28. The van der Waals surface area contributed by atoms with Crippen molar-refractivity contribution in [2.45, 2.75) is 25.2 Å². The molecule has 2 aromatic rings. The van der Waals surface area contributed by atoms with Gasteiger partial charge in [0.05, 0.1) is 24.3 Å². The Bertz CT molecular complexity index is 852. The van der Waals surface area contributed by atoms with Gasteiger partial charge in [-0.3, -0.25) is 0 Å². The van der Waals surface area contributed by atoms with Gasteiger partial charge in [0, 0.05) is 0 Å². The fourth-order valence-electron chi connectivity index (χ4n) is 2.04. The maximum absolute atomic E-state index is 12.9. The standard InChI is InChI=1S/C18H21FN2O4S/c1-3-11-25-17-10-5-14(12-18(17)24-4-2)13-20-21-26(22,23)16-8-6-15(19)7-9-16/h5-10,12-13,21H,3-4,11H2,1-2H3/b20-13+. The third-order valence-corrected chi connectivity index (χ3v) is 4.48. The molecule has 1 N–H and O–H groups in total. The summed E-state index contributed by atoms with van der Waals surface area (Å²) in [5, 5.41) is 3.75. The zero-order chi connectivity index (χ0) is 19.0. The lowest BCUT2D eigenvalue weighted by Gasteiger charge is -2.11. The van der Waals surface area contributed by atoms with E-state index in [9.17, 15) is 12.8 Å². The Morgan fingerprint density at radius 2 is 1.81 bits per heavy atom. The van der Waals surface area contributed by atoms with Crippen LogP contribution in [0.25, 0.3) is 0 Å². The molecular formula is C18H21FN2O4S. The molecule has 0 bridgehead atoms. The number of benzene rings is 2. The van der Waals surface area contributed by atoms with Crippen LogP contribution in [0, 0.1) is 5.82 Å². The van der Waals surface area contributed by atoms with E-state index in [0.29, 0.717) is 30.3 Å². The maximum atomic E-state index is 12.9. The Morgan fingerprint density at radius 1 is 1.08 bits per heavy atom. The third kappa shape index (κ3) is 5.45. The van der Waals surface area contributed by atoms with Crippen molar-refractivity contribution in [1.29, 1.82) is 0 Å². The summed E-state index contributed by atoms with van der Waals surface area (Å²) < 4.78 is 48.2. The van der Waals surface area contributed by atoms with Crippen molar-refractivity contribution in [3.8, 4) is 11.5 Å². The number of nitrogens with zero attached hydrogens (tertiary/aromatic N) is 1. The average Bonchev–Trinajstić information content (AvgIpc) is 2.61. The van der Waals surface area contributed by atoms with Crippen molar-refractivity contribution < 1.29 is 22.3 Å². The summed E-state index contributed by atoms with van der Waals surface area (Å²) in [4.78, 5) is 2.02. The van der Waals surface area contributed by atoms with Crippen LogP contribution in [0.3, 0.4) is 0 Å². The van der Waals surface area contributed by atoms with Crippen LogP contribution >= 0.6 is 0 Å². The normalized spacial score (nSPS) is 11.5. The van der Waals surface area contributed by atoms with E-state index < -0.39 is 15.8 Å². The van der Waals surface area contributed by atoms with Gasteiger partial charge < -0.3 is 9.47 Å². The molecule has 0 amide bonds. The molecule has 6 nitrogen and oxygen atoms in total. The second kappa shape index (κ2) is 9.19. The van der Waals surface area contributed by atoms with Crippen molar-refractivity contribution in [2.75, 3.05) is 13.2 Å². The van der Waals surface area contributed by atoms with E-state index in [1.165, 1.54) is 18.3 Å². The minimum Gasteiger partial charge on any atom is -0.490 e. The molecule has 0 aromatic heterocycles. The van der Waals surface area contributed by atoms with Gasteiger partial charge >= 0.3 is 0 Å². The molecule has 140 valence electrons. The Hall–Kier alpha value is -2.61. The first-order valence-electron chi connectivity index (χ1n) is 8.16. The third-order valence-electron chi connectivity index (χ3n) is 3.24. The second-order valence-corrected chi connectivity index (χ2v) is 6.96. The largest absolute Gasteiger partial charge is 0.490 e. The first-order chi connectivity index (χ1) is 12.5. The molecule has 0 fully saturated rings. The zero-order valence-electron chi connectivity index (χ0n) is 14.6. The molecule has 0 aliphatic carbocycles. The van der Waals surface area contributed by atoms with Crippen molar-refractivity contribution in [2.24, 2.45) is 5.10 Å². The summed E-state index contributed by atoms with van der Waals surface area (Å²) in [6, 6.07) is 9.67. The van der Waals surface area contributed by atoms with Gasteiger partial charge in [0.25, 0.3) is 10.0 Å². The molecule has 0 aliphatic rings. The van der Waals surface area contributed by atoms with Crippen molar-refractivity contribution >= 4 is 16.2 Å². The number of halogens is 1. The predicted octanol–water partition coefficient (Wildman–Crippen LogP) is 3.33. The van der Waals surface area contributed by atoms with Crippen LogP contribution in [0.2, 0.25) is 0 Å². The topological polar surface area (TPSA) is 77.0 Å². The summed E-state index contributed by atoms with van der Waals surface area (Å²) in [5.41, 5.74) is 0.638. The minimum absolute atomic E-state index is 0.0747. The molecule has 2 rings (SSSR count). The summed E-state index contributed by atoms with van der Waals surface area (Å²) in [6.45, 7) is 4.92. The first kappa shape index (κ1) is 19.7. The molecule has 26 heavy (non-hydrogen) atoms. The summed E-state index contributed by atoms with van der Waals surface area (Å²) in [6.07, 6.45) is 2.23. The highest BCUT2D eigenvalue weighted by atomic mass is 32.2. The van der Waals surface area contributed by atoms with Crippen molar-refractivity contribution in [3.63, 3.8) is 0 Å². The molecule has 0 radical (unpaired) electrons.